The molecule has 3 N–H and O–H groups in total. The van der Waals surface area contributed by atoms with Crippen molar-refractivity contribution in [3.8, 4) is 0 Å². The second kappa shape index (κ2) is 6.67. The molecule has 2 heterocycles. The second-order valence-electron chi connectivity index (χ2n) is 4.58. The highest BCUT2D eigenvalue weighted by Crippen LogP contribution is 2.23. The predicted octanol–water partition coefficient (Wildman–Crippen LogP) is 2.29. The van der Waals surface area contributed by atoms with Crippen LogP contribution in [0.15, 0.2) is 18.1 Å². The van der Waals surface area contributed by atoms with Crippen molar-refractivity contribution in [3.63, 3.8) is 0 Å². The molecule has 1 fully saturated rings. The van der Waals surface area contributed by atoms with Crippen molar-refractivity contribution in [1.29, 1.82) is 0 Å². The summed E-state index contributed by atoms with van der Waals surface area (Å²) in [5.41, 5.74) is 0.308. The summed E-state index contributed by atoms with van der Waals surface area (Å²) in [4.78, 5) is 14.5. The Bertz CT molecular complexity index is 530. The zero-order valence-corrected chi connectivity index (χ0v) is 11.5. The lowest BCUT2D eigenvalue weighted by Crippen LogP contribution is -2.38. The van der Waals surface area contributed by atoms with E-state index < -0.39 is 11.8 Å². The number of carboxylic acid groups (broad SMARTS) is 1. The van der Waals surface area contributed by atoms with Crippen LogP contribution >= 0.6 is 11.6 Å². The highest BCUT2D eigenvalue weighted by atomic mass is 35.5. The van der Waals surface area contributed by atoms with Gasteiger partial charge in [-0.2, -0.15) is 4.39 Å². The summed E-state index contributed by atoms with van der Waals surface area (Å²) >= 11 is 6.07. The van der Waals surface area contributed by atoms with Crippen LogP contribution in [0.1, 0.15) is 18.4 Å². The first kappa shape index (κ1) is 14.7. The van der Waals surface area contributed by atoms with E-state index in [0.29, 0.717) is 16.4 Å². The molecule has 1 saturated heterocycles. The number of hydrogen-bond donors (Lipinski definition) is 3. The smallest absolute Gasteiger partial charge is 0.364 e. The quantitative estimate of drug-likeness (QED) is 0.744. The first-order chi connectivity index (χ1) is 9.56. The normalized spacial score (nSPS) is 19.7. The van der Waals surface area contributed by atoms with Gasteiger partial charge in [-0.25, -0.2) is 9.78 Å². The lowest BCUT2D eigenvalue weighted by molar-refractivity contribution is -0.134. The predicted molar refractivity (Wildman–Crippen MR) is 75.5 cm³/mol. The molecule has 5 nitrogen and oxygen atoms in total. The molecule has 20 heavy (non-hydrogen) atoms. The molecule has 7 heteroatoms. The average molecular weight is 300 g/mol. The van der Waals surface area contributed by atoms with Gasteiger partial charge in [0.2, 0.25) is 5.83 Å². The van der Waals surface area contributed by atoms with E-state index in [9.17, 15) is 9.18 Å². The van der Waals surface area contributed by atoms with Crippen LogP contribution in [0, 0.1) is 0 Å². The van der Waals surface area contributed by atoms with Gasteiger partial charge in [-0.15, -0.1) is 0 Å². The molecule has 1 aliphatic rings. The Labute approximate surface area is 120 Å². The zero-order valence-electron chi connectivity index (χ0n) is 10.7. The Morgan fingerprint density at radius 3 is 3.05 bits per heavy atom. The topological polar surface area (TPSA) is 74.2 Å². The third-order valence-electron chi connectivity index (χ3n) is 3.00. The summed E-state index contributed by atoms with van der Waals surface area (Å²) in [5, 5.41) is 15.3. The summed E-state index contributed by atoms with van der Waals surface area (Å²) in [5.74, 6) is -2.34. The third kappa shape index (κ3) is 3.91. The zero-order chi connectivity index (χ0) is 14.5. The first-order valence-corrected chi connectivity index (χ1v) is 6.67. The van der Waals surface area contributed by atoms with Crippen molar-refractivity contribution in [2.45, 2.75) is 18.9 Å². The Morgan fingerprint density at radius 1 is 1.65 bits per heavy atom. The highest BCUT2D eigenvalue weighted by Gasteiger charge is 2.15. The summed E-state index contributed by atoms with van der Waals surface area (Å²) < 4.78 is 13.0. The van der Waals surface area contributed by atoms with Crippen molar-refractivity contribution in [2.75, 3.05) is 18.4 Å². The Balaban J connectivity index is 2.09. The fourth-order valence-electron chi connectivity index (χ4n) is 2.01. The summed E-state index contributed by atoms with van der Waals surface area (Å²) in [7, 11) is 0. The van der Waals surface area contributed by atoms with E-state index in [2.05, 4.69) is 15.6 Å². The molecule has 2 rings (SSSR count). The van der Waals surface area contributed by atoms with Gasteiger partial charge in [-0.1, -0.05) is 11.6 Å². The van der Waals surface area contributed by atoms with Crippen LogP contribution in [0.5, 0.6) is 0 Å². The van der Waals surface area contributed by atoms with Crippen molar-refractivity contribution in [3.05, 3.63) is 28.7 Å². The number of aliphatic carboxylic acids is 1. The van der Waals surface area contributed by atoms with E-state index in [1.165, 1.54) is 12.3 Å². The Morgan fingerprint density at radius 2 is 2.45 bits per heavy atom. The van der Waals surface area contributed by atoms with Crippen LogP contribution in [0.4, 0.5) is 10.2 Å². The molecule has 1 aliphatic heterocycles. The fraction of sp³-hybridized carbons (Fsp3) is 0.385. The van der Waals surface area contributed by atoms with Crippen LogP contribution in [0.2, 0.25) is 5.02 Å². The van der Waals surface area contributed by atoms with Gasteiger partial charge in [-0.3, -0.25) is 0 Å². The van der Waals surface area contributed by atoms with Crippen molar-refractivity contribution in [1.82, 2.24) is 10.3 Å². The molecule has 1 aromatic heterocycles. The average Bonchev–Trinajstić information content (AvgIpc) is 2.43. The first-order valence-electron chi connectivity index (χ1n) is 6.29. The Hall–Kier alpha value is -1.66. The standard InChI is InChI=1S/C13H15ClFN3O2/c14-10-4-8(5-11(15)13(19)20)6-17-12(10)18-9-2-1-3-16-7-9/h4-6,9,16H,1-3,7H2,(H,17,18)(H,19,20)/t9-/m1/s1. The maximum absolute atomic E-state index is 13.0. The number of carbonyl (C=O) groups is 1. The van der Waals surface area contributed by atoms with Crippen molar-refractivity contribution < 1.29 is 14.3 Å². The van der Waals surface area contributed by atoms with E-state index in [4.69, 9.17) is 16.7 Å². The molecule has 0 spiro atoms. The molecule has 0 amide bonds. The van der Waals surface area contributed by atoms with Crippen LogP contribution in [-0.2, 0) is 4.79 Å². The van der Waals surface area contributed by atoms with Gasteiger partial charge >= 0.3 is 5.97 Å². The van der Waals surface area contributed by atoms with Crippen molar-refractivity contribution in [2.24, 2.45) is 0 Å². The molecular weight excluding hydrogens is 285 g/mol. The monoisotopic (exact) mass is 299 g/mol. The van der Waals surface area contributed by atoms with E-state index in [1.807, 2.05) is 0 Å². The Kier molecular flexibility index (Phi) is 4.92. The summed E-state index contributed by atoms with van der Waals surface area (Å²) in [6, 6.07) is 1.74. The summed E-state index contributed by atoms with van der Waals surface area (Å²) in [6.07, 6.45) is 4.38. The van der Waals surface area contributed by atoms with Gasteiger partial charge in [0.1, 0.15) is 5.82 Å². The van der Waals surface area contributed by atoms with Gasteiger partial charge in [0.25, 0.3) is 0 Å². The number of aromatic nitrogens is 1. The lowest BCUT2D eigenvalue weighted by Gasteiger charge is -2.24. The lowest BCUT2D eigenvalue weighted by atomic mass is 10.1. The molecule has 1 aromatic rings. The van der Waals surface area contributed by atoms with Crippen LogP contribution in [0.3, 0.4) is 0 Å². The molecule has 0 radical (unpaired) electrons. The van der Waals surface area contributed by atoms with Crippen LogP contribution in [0.25, 0.3) is 6.08 Å². The molecule has 0 aromatic carbocycles. The van der Waals surface area contributed by atoms with Gasteiger partial charge in [0, 0.05) is 18.8 Å². The SMILES string of the molecule is O=C(O)C(F)=Cc1cnc(N[C@@H]2CCCNC2)c(Cl)c1. The van der Waals surface area contributed by atoms with Crippen LogP contribution in [-0.4, -0.2) is 35.2 Å². The molecule has 0 aliphatic carbocycles. The van der Waals surface area contributed by atoms with Gasteiger partial charge in [0.15, 0.2) is 0 Å². The summed E-state index contributed by atoms with van der Waals surface area (Å²) in [6.45, 7) is 1.85. The molecule has 0 bridgehead atoms. The van der Waals surface area contributed by atoms with E-state index >= 15 is 0 Å². The third-order valence-corrected chi connectivity index (χ3v) is 3.29. The molecule has 0 saturated carbocycles. The van der Waals surface area contributed by atoms with Gasteiger partial charge in [-0.05, 0) is 37.1 Å². The number of hydrogen-bond acceptors (Lipinski definition) is 4. The van der Waals surface area contributed by atoms with Gasteiger partial charge < -0.3 is 15.7 Å². The number of nitrogens with zero attached hydrogens (tertiary/aromatic N) is 1. The minimum Gasteiger partial charge on any atom is -0.476 e. The number of halogens is 2. The largest absolute Gasteiger partial charge is 0.476 e. The number of rotatable bonds is 4. The number of nitrogens with one attached hydrogen (secondary N) is 2. The van der Waals surface area contributed by atoms with Gasteiger partial charge in [0.05, 0.1) is 5.02 Å². The number of piperidine rings is 1. The maximum atomic E-state index is 13.0. The molecule has 1 atom stereocenters. The molecule has 0 unspecified atom stereocenters. The van der Waals surface area contributed by atoms with E-state index in [0.717, 1.165) is 32.0 Å². The molecule has 108 valence electrons. The van der Waals surface area contributed by atoms with Crippen molar-refractivity contribution >= 4 is 29.5 Å². The number of pyridine rings is 1. The number of anilines is 1. The van der Waals surface area contributed by atoms with E-state index in [1.54, 1.807) is 0 Å². The second-order valence-corrected chi connectivity index (χ2v) is 4.99. The maximum Gasteiger partial charge on any atom is 0.364 e. The van der Waals surface area contributed by atoms with Crippen LogP contribution < -0.4 is 10.6 Å². The molecular formula is C13H15ClFN3O2. The fourth-order valence-corrected chi connectivity index (χ4v) is 2.24. The minimum atomic E-state index is -1.61. The van der Waals surface area contributed by atoms with E-state index in [-0.39, 0.29) is 6.04 Å². The number of carboxylic acids is 1. The highest BCUT2D eigenvalue weighted by molar-refractivity contribution is 6.33. The minimum absolute atomic E-state index is 0.255.